The van der Waals surface area contributed by atoms with E-state index in [0.717, 1.165) is 4.90 Å². The van der Waals surface area contributed by atoms with Gasteiger partial charge in [-0.25, -0.2) is 9.18 Å². The second kappa shape index (κ2) is 6.19. The van der Waals surface area contributed by atoms with Crippen molar-refractivity contribution in [1.82, 2.24) is 20.4 Å². The number of hydrogen-bond acceptors (Lipinski definition) is 5. The van der Waals surface area contributed by atoms with Crippen LogP contribution in [0.2, 0.25) is 0 Å². The fraction of sp³-hybridized carbons (Fsp3) is 0.444. The Morgan fingerprint density at radius 3 is 2.42 bits per heavy atom. The van der Waals surface area contributed by atoms with Crippen molar-refractivity contribution in [1.29, 1.82) is 0 Å². The van der Waals surface area contributed by atoms with Gasteiger partial charge in [-0.05, 0) is 24.1 Å². The van der Waals surface area contributed by atoms with E-state index in [1.165, 1.54) is 24.3 Å². The van der Waals surface area contributed by atoms with E-state index >= 15 is 0 Å². The monoisotopic (exact) mass is 360 g/mol. The Hall–Kier alpha value is -2.77. The minimum Gasteiger partial charge on any atom is -0.337 e. The quantitative estimate of drug-likeness (QED) is 0.847. The van der Waals surface area contributed by atoms with Gasteiger partial charge in [-0.2, -0.15) is 4.98 Å². The molecule has 0 saturated carbocycles. The van der Waals surface area contributed by atoms with Crippen molar-refractivity contribution in [3.63, 3.8) is 0 Å². The summed E-state index contributed by atoms with van der Waals surface area (Å²) >= 11 is 0. The molecule has 2 aromatic rings. The summed E-state index contributed by atoms with van der Waals surface area (Å²) in [7, 11) is 0. The van der Waals surface area contributed by atoms with E-state index in [-0.39, 0.29) is 17.9 Å². The van der Waals surface area contributed by atoms with Crippen LogP contribution in [0, 0.1) is 5.82 Å². The molecule has 3 rings (SSSR count). The fourth-order valence-electron chi connectivity index (χ4n) is 2.90. The number of urea groups is 1. The lowest BCUT2D eigenvalue weighted by atomic mass is 9.87. The van der Waals surface area contributed by atoms with Gasteiger partial charge in [-0.3, -0.25) is 9.69 Å². The molecule has 1 aromatic heterocycles. The third kappa shape index (κ3) is 2.95. The van der Waals surface area contributed by atoms with Gasteiger partial charge in [0.2, 0.25) is 5.89 Å². The largest absolute Gasteiger partial charge is 0.337 e. The Morgan fingerprint density at radius 1 is 1.23 bits per heavy atom. The minimum atomic E-state index is -1.22. The van der Waals surface area contributed by atoms with Gasteiger partial charge in [0.05, 0.1) is 0 Å². The second-order valence-electron chi connectivity index (χ2n) is 7.35. The predicted molar refractivity (Wildman–Crippen MR) is 90.4 cm³/mol. The Bertz CT molecular complexity index is 841. The lowest BCUT2D eigenvalue weighted by molar-refractivity contribution is -0.132. The number of carbonyl (C=O) groups excluding carboxylic acids is 2. The molecule has 138 valence electrons. The van der Waals surface area contributed by atoms with Crippen LogP contribution in [0.3, 0.4) is 0 Å². The molecule has 1 saturated heterocycles. The van der Waals surface area contributed by atoms with E-state index in [0.29, 0.717) is 17.8 Å². The smallest absolute Gasteiger partial charge is 0.325 e. The van der Waals surface area contributed by atoms with Gasteiger partial charge in [0, 0.05) is 5.41 Å². The molecule has 1 atom stereocenters. The number of rotatable bonds is 4. The first-order valence-electron chi connectivity index (χ1n) is 8.40. The number of nitrogens with zero attached hydrogens (tertiary/aromatic N) is 3. The van der Waals surface area contributed by atoms with E-state index in [4.69, 9.17) is 4.52 Å². The Labute approximate surface area is 150 Å². The zero-order valence-electron chi connectivity index (χ0n) is 15.2. The van der Waals surface area contributed by atoms with Crippen molar-refractivity contribution >= 4 is 11.9 Å². The van der Waals surface area contributed by atoms with Gasteiger partial charge in [-0.15, -0.1) is 0 Å². The number of imide groups is 1. The highest BCUT2D eigenvalue weighted by Crippen LogP contribution is 2.33. The molecule has 1 unspecified atom stereocenters. The van der Waals surface area contributed by atoms with E-state index in [1.807, 2.05) is 20.8 Å². The average molecular weight is 360 g/mol. The zero-order chi connectivity index (χ0) is 19.1. The van der Waals surface area contributed by atoms with Gasteiger partial charge in [0.15, 0.2) is 5.82 Å². The second-order valence-corrected chi connectivity index (χ2v) is 7.35. The van der Waals surface area contributed by atoms with Gasteiger partial charge in [0.1, 0.15) is 17.9 Å². The summed E-state index contributed by atoms with van der Waals surface area (Å²) in [6.07, 6.45) is 0.330. The van der Waals surface area contributed by atoms with Gasteiger partial charge in [-0.1, -0.05) is 45.0 Å². The number of halogens is 1. The first-order valence-corrected chi connectivity index (χ1v) is 8.40. The molecule has 1 N–H and O–H groups in total. The van der Waals surface area contributed by atoms with E-state index in [9.17, 15) is 14.0 Å². The van der Waals surface area contributed by atoms with Crippen molar-refractivity contribution in [2.24, 2.45) is 0 Å². The SMILES string of the molecule is CCC1(c2ccc(F)cc2)NC(=O)N(Cc2nc(C(C)(C)C)no2)C1=O. The van der Waals surface area contributed by atoms with Crippen LogP contribution in [-0.2, 0) is 22.3 Å². The number of hydrogen-bond donors (Lipinski definition) is 1. The molecular formula is C18H21FN4O3. The van der Waals surface area contributed by atoms with Crippen LogP contribution in [0.5, 0.6) is 0 Å². The molecule has 1 fully saturated rings. The summed E-state index contributed by atoms with van der Waals surface area (Å²) < 4.78 is 18.4. The van der Waals surface area contributed by atoms with Gasteiger partial charge in [0.25, 0.3) is 5.91 Å². The normalized spacial score (nSPS) is 20.6. The number of nitrogens with one attached hydrogen (secondary N) is 1. The first-order chi connectivity index (χ1) is 12.2. The average Bonchev–Trinajstić information content (AvgIpc) is 3.15. The molecular weight excluding hydrogens is 339 g/mol. The highest BCUT2D eigenvalue weighted by atomic mass is 19.1. The van der Waals surface area contributed by atoms with Gasteiger partial charge < -0.3 is 9.84 Å². The third-order valence-corrected chi connectivity index (χ3v) is 4.48. The van der Waals surface area contributed by atoms with Crippen LogP contribution in [-0.4, -0.2) is 27.0 Å². The summed E-state index contributed by atoms with van der Waals surface area (Å²) in [5, 5.41) is 6.64. The van der Waals surface area contributed by atoms with Crippen molar-refractivity contribution in [3.8, 4) is 0 Å². The maximum absolute atomic E-state index is 13.2. The van der Waals surface area contributed by atoms with Crippen LogP contribution in [0.1, 0.15) is 51.4 Å². The van der Waals surface area contributed by atoms with Crippen LogP contribution in [0.4, 0.5) is 9.18 Å². The molecule has 8 heteroatoms. The molecule has 0 bridgehead atoms. The molecule has 3 amide bonds. The standard InChI is InChI=1S/C18H21FN4O3/c1-5-18(11-6-8-12(19)9-7-11)15(24)23(16(25)21-18)10-13-20-14(22-26-13)17(2,3)4/h6-9H,5,10H2,1-4H3,(H,21,25). The summed E-state index contributed by atoms with van der Waals surface area (Å²) in [4.78, 5) is 30.8. The molecule has 1 aliphatic heterocycles. The van der Waals surface area contributed by atoms with Crippen LogP contribution >= 0.6 is 0 Å². The van der Waals surface area contributed by atoms with Crippen LogP contribution in [0.25, 0.3) is 0 Å². The Balaban J connectivity index is 1.88. The Morgan fingerprint density at radius 2 is 1.88 bits per heavy atom. The van der Waals surface area contributed by atoms with Crippen molar-refractivity contribution in [3.05, 3.63) is 47.4 Å². The highest BCUT2D eigenvalue weighted by molar-refractivity contribution is 6.07. The summed E-state index contributed by atoms with van der Waals surface area (Å²) in [6, 6.07) is 5.00. The summed E-state index contributed by atoms with van der Waals surface area (Å²) in [5.41, 5.74) is -0.999. The van der Waals surface area contributed by atoms with Gasteiger partial charge >= 0.3 is 6.03 Å². The first kappa shape index (κ1) is 18.0. The Kier molecular flexibility index (Phi) is 4.29. The molecule has 2 heterocycles. The maximum atomic E-state index is 13.2. The molecule has 0 spiro atoms. The third-order valence-electron chi connectivity index (χ3n) is 4.48. The van der Waals surface area contributed by atoms with E-state index in [2.05, 4.69) is 15.5 Å². The van der Waals surface area contributed by atoms with E-state index in [1.54, 1.807) is 6.92 Å². The number of carbonyl (C=O) groups is 2. The molecule has 26 heavy (non-hydrogen) atoms. The molecule has 7 nitrogen and oxygen atoms in total. The number of benzene rings is 1. The maximum Gasteiger partial charge on any atom is 0.325 e. The molecule has 1 aliphatic rings. The zero-order valence-corrected chi connectivity index (χ0v) is 15.2. The van der Waals surface area contributed by atoms with Crippen molar-refractivity contribution in [2.75, 3.05) is 0 Å². The molecule has 1 aromatic carbocycles. The molecule has 0 radical (unpaired) electrons. The lowest BCUT2D eigenvalue weighted by Crippen LogP contribution is -2.43. The van der Waals surface area contributed by atoms with Crippen LogP contribution in [0.15, 0.2) is 28.8 Å². The summed E-state index contributed by atoms with van der Waals surface area (Å²) in [5.74, 6) is -0.148. The molecule has 0 aliphatic carbocycles. The fourth-order valence-corrected chi connectivity index (χ4v) is 2.90. The predicted octanol–water partition coefficient (Wildman–Crippen LogP) is 2.86. The topological polar surface area (TPSA) is 88.3 Å². The van der Waals surface area contributed by atoms with Crippen molar-refractivity contribution in [2.45, 2.75) is 51.6 Å². The highest BCUT2D eigenvalue weighted by Gasteiger charge is 2.51. The minimum absolute atomic E-state index is 0.114. The summed E-state index contributed by atoms with van der Waals surface area (Å²) in [6.45, 7) is 7.48. The van der Waals surface area contributed by atoms with Crippen molar-refractivity contribution < 1.29 is 18.5 Å². The lowest BCUT2D eigenvalue weighted by Gasteiger charge is -2.25. The van der Waals surface area contributed by atoms with Crippen LogP contribution < -0.4 is 5.32 Å². The number of aromatic nitrogens is 2. The number of amides is 3. The van der Waals surface area contributed by atoms with E-state index < -0.39 is 23.3 Å².